The zero-order valence-corrected chi connectivity index (χ0v) is 9.82. The second-order valence-corrected chi connectivity index (χ2v) is 3.68. The summed E-state index contributed by atoms with van der Waals surface area (Å²) < 4.78 is 1.59. The molecule has 5 nitrogen and oxygen atoms in total. The van der Waals surface area contributed by atoms with Gasteiger partial charge < -0.3 is 5.32 Å². The van der Waals surface area contributed by atoms with Gasteiger partial charge in [0.25, 0.3) is 0 Å². The number of nitrogens with one attached hydrogen (secondary N) is 1. The Kier molecular flexibility index (Phi) is 3.26. The maximum absolute atomic E-state index is 10.6. The van der Waals surface area contributed by atoms with E-state index in [-0.39, 0.29) is 5.91 Å². The molecule has 0 bridgehead atoms. The Morgan fingerprint density at radius 2 is 2.47 bits per heavy atom. The van der Waals surface area contributed by atoms with Crippen molar-refractivity contribution >= 4 is 23.2 Å². The highest BCUT2D eigenvalue weighted by Gasteiger charge is 2.02. The number of rotatable bonds is 1. The summed E-state index contributed by atoms with van der Waals surface area (Å²) >= 11 is 5.79. The van der Waals surface area contributed by atoms with E-state index in [1.165, 1.54) is 6.92 Å². The largest absolute Gasteiger partial charge is 0.345 e. The number of hydrogen-bond acceptors (Lipinski definition) is 3. The van der Waals surface area contributed by atoms with E-state index >= 15 is 0 Å². The van der Waals surface area contributed by atoms with Gasteiger partial charge in [0.1, 0.15) is 5.15 Å². The summed E-state index contributed by atoms with van der Waals surface area (Å²) in [5.74, 6) is 5.58. The van der Waals surface area contributed by atoms with E-state index in [0.717, 1.165) is 0 Å². The maximum Gasteiger partial charge on any atom is 0.217 e. The summed E-state index contributed by atoms with van der Waals surface area (Å²) in [6.07, 6.45) is 3.32. The van der Waals surface area contributed by atoms with E-state index in [1.54, 1.807) is 23.0 Å². The van der Waals surface area contributed by atoms with Gasteiger partial charge in [0.05, 0.1) is 18.3 Å². The van der Waals surface area contributed by atoms with Gasteiger partial charge in [-0.2, -0.15) is 5.10 Å². The Labute approximate surface area is 103 Å². The van der Waals surface area contributed by atoms with Crippen LogP contribution in [-0.4, -0.2) is 27.0 Å². The molecule has 0 fully saturated rings. The summed E-state index contributed by atoms with van der Waals surface area (Å²) in [5.41, 5.74) is 1.28. The van der Waals surface area contributed by atoms with E-state index < -0.39 is 0 Å². The standard InChI is InChI=1S/C11H9ClN4O/c1-8(17)13-5-2-3-9-7-14-16-6-4-10(12)15-11(9)16/h4,6-7H,5H2,1H3,(H,13,17). The molecule has 0 saturated carbocycles. The molecule has 0 aliphatic rings. The van der Waals surface area contributed by atoms with Crippen LogP contribution in [0.25, 0.3) is 5.65 Å². The molecule has 0 aliphatic heterocycles. The van der Waals surface area contributed by atoms with Crippen molar-refractivity contribution in [3.63, 3.8) is 0 Å². The van der Waals surface area contributed by atoms with Crippen molar-refractivity contribution in [3.8, 4) is 11.8 Å². The van der Waals surface area contributed by atoms with E-state index in [2.05, 4.69) is 27.2 Å². The molecule has 6 heteroatoms. The number of aromatic nitrogens is 3. The summed E-state index contributed by atoms with van der Waals surface area (Å²) in [6.45, 7) is 1.74. The average molecular weight is 249 g/mol. The molecule has 2 heterocycles. The first kappa shape index (κ1) is 11.4. The molecule has 1 N–H and O–H groups in total. The van der Waals surface area contributed by atoms with Crippen molar-refractivity contribution in [1.82, 2.24) is 19.9 Å². The Bertz CT molecular complexity index is 623. The van der Waals surface area contributed by atoms with Gasteiger partial charge in [-0.15, -0.1) is 0 Å². The first-order valence-electron chi connectivity index (χ1n) is 4.90. The van der Waals surface area contributed by atoms with Gasteiger partial charge in [0.2, 0.25) is 5.91 Å². The Morgan fingerprint density at radius 1 is 1.65 bits per heavy atom. The molecule has 2 rings (SSSR count). The maximum atomic E-state index is 10.6. The molecule has 17 heavy (non-hydrogen) atoms. The highest BCUT2D eigenvalue weighted by atomic mass is 35.5. The monoisotopic (exact) mass is 248 g/mol. The molecule has 0 aliphatic carbocycles. The lowest BCUT2D eigenvalue weighted by molar-refractivity contribution is -0.118. The van der Waals surface area contributed by atoms with Gasteiger partial charge in [-0.25, -0.2) is 9.50 Å². The third-order valence-electron chi connectivity index (χ3n) is 1.98. The van der Waals surface area contributed by atoms with Crippen LogP contribution in [0.1, 0.15) is 12.5 Å². The minimum Gasteiger partial charge on any atom is -0.345 e. The average Bonchev–Trinajstić information content (AvgIpc) is 2.67. The van der Waals surface area contributed by atoms with Gasteiger partial charge >= 0.3 is 0 Å². The lowest BCUT2D eigenvalue weighted by Gasteiger charge is -1.93. The van der Waals surface area contributed by atoms with Crippen molar-refractivity contribution in [1.29, 1.82) is 0 Å². The van der Waals surface area contributed by atoms with Crippen LogP contribution in [0.15, 0.2) is 18.5 Å². The van der Waals surface area contributed by atoms with Crippen LogP contribution in [0.2, 0.25) is 5.15 Å². The summed E-state index contributed by atoms with van der Waals surface area (Å²) in [7, 11) is 0. The van der Waals surface area contributed by atoms with Crippen molar-refractivity contribution in [2.45, 2.75) is 6.92 Å². The highest BCUT2D eigenvalue weighted by Crippen LogP contribution is 2.10. The highest BCUT2D eigenvalue weighted by molar-refractivity contribution is 6.29. The minimum atomic E-state index is -0.111. The number of fused-ring (bicyclic) bond motifs is 1. The van der Waals surface area contributed by atoms with Crippen LogP contribution in [0.4, 0.5) is 0 Å². The van der Waals surface area contributed by atoms with Gasteiger partial charge in [0.15, 0.2) is 5.65 Å². The van der Waals surface area contributed by atoms with Gasteiger partial charge in [-0.3, -0.25) is 4.79 Å². The first-order chi connectivity index (χ1) is 8.16. The quantitative estimate of drug-likeness (QED) is 0.602. The third kappa shape index (κ3) is 2.74. The van der Waals surface area contributed by atoms with Gasteiger partial charge in [-0.05, 0) is 6.07 Å². The van der Waals surface area contributed by atoms with Crippen LogP contribution in [0.5, 0.6) is 0 Å². The van der Waals surface area contributed by atoms with E-state index in [9.17, 15) is 4.79 Å². The molecule has 2 aromatic heterocycles. The second-order valence-electron chi connectivity index (χ2n) is 3.29. The number of hydrogen-bond donors (Lipinski definition) is 1. The van der Waals surface area contributed by atoms with Crippen LogP contribution in [0.3, 0.4) is 0 Å². The number of amides is 1. The number of carbonyl (C=O) groups is 1. The van der Waals surface area contributed by atoms with Crippen LogP contribution >= 0.6 is 11.6 Å². The smallest absolute Gasteiger partial charge is 0.217 e. The molecule has 0 aromatic carbocycles. The van der Waals surface area contributed by atoms with E-state index in [4.69, 9.17) is 11.6 Å². The molecule has 1 amide bonds. The van der Waals surface area contributed by atoms with Gasteiger partial charge in [-0.1, -0.05) is 23.4 Å². The van der Waals surface area contributed by atoms with E-state index in [0.29, 0.717) is 22.9 Å². The lowest BCUT2D eigenvalue weighted by Crippen LogP contribution is -2.19. The Balaban J connectivity index is 2.24. The normalized spacial score (nSPS) is 9.76. The molecule has 0 spiro atoms. The summed E-state index contributed by atoms with van der Waals surface area (Å²) in [6, 6.07) is 1.65. The Hall–Kier alpha value is -2.06. The number of nitrogens with zero attached hydrogens (tertiary/aromatic N) is 3. The molecular weight excluding hydrogens is 240 g/mol. The van der Waals surface area contributed by atoms with Crippen LogP contribution in [-0.2, 0) is 4.79 Å². The predicted octanol–water partition coefficient (Wildman–Crippen LogP) is 0.870. The molecule has 2 aromatic rings. The fourth-order valence-electron chi connectivity index (χ4n) is 1.24. The zero-order chi connectivity index (χ0) is 12.3. The first-order valence-corrected chi connectivity index (χ1v) is 5.28. The SMILES string of the molecule is CC(=O)NCC#Cc1cnn2ccc(Cl)nc12. The van der Waals surface area contributed by atoms with Gasteiger partial charge in [0, 0.05) is 13.1 Å². The molecular formula is C11H9ClN4O. The summed E-state index contributed by atoms with van der Waals surface area (Å²) in [4.78, 5) is 14.8. The van der Waals surface area contributed by atoms with Crippen LogP contribution in [0, 0.1) is 11.8 Å². The van der Waals surface area contributed by atoms with Crippen molar-refractivity contribution in [3.05, 3.63) is 29.2 Å². The molecule has 0 radical (unpaired) electrons. The van der Waals surface area contributed by atoms with Crippen molar-refractivity contribution < 1.29 is 4.79 Å². The van der Waals surface area contributed by atoms with Crippen LogP contribution < -0.4 is 5.32 Å². The molecule has 0 unspecified atom stereocenters. The number of halogens is 1. The summed E-state index contributed by atoms with van der Waals surface area (Å²) in [5, 5.41) is 7.05. The lowest BCUT2D eigenvalue weighted by atomic mass is 10.3. The fourth-order valence-corrected chi connectivity index (χ4v) is 1.38. The zero-order valence-electron chi connectivity index (χ0n) is 9.07. The molecule has 0 atom stereocenters. The number of carbonyl (C=O) groups excluding carboxylic acids is 1. The van der Waals surface area contributed by atoms with E-state index in [1.807, 2.05) is 0 Å². The van der Waals surface area contributed by atoms with Crippen molar-refractivity contribution in [2.24, 2.45) is 0 Å². The topological polar surface area (TPSA) is 59.3 Å². The minimum absolute atomic E-state index is 0.111. The van der Waals surface area contributed by atoms with Crippen molar-refractivity contribution in [2.75, 3.05) is 6.54 Å². The predicted molar refractivity (Wildman–Crippen MR) is 63.6 cm³/mol. The third-order valence-corrected chi connectivity index (χ3v) is 2.19. The molecule has 0 saturated heterocycles. The Morgan fingerprint density at radius 3 is 3.24 bits per heavy atom. The fraction of sp³-hybridized carbons (Fsp3) is 0.182. The second kappa shape index (κ2) is 4.85. The molecule has 86 valence electrons.